The van der Waals surface area contributed by atoms with Gasteiger partial charge in [-0.2, -0.15) is 0 Å². The topological polar surface area (TPSA) is 83.3 Å². The molecule has 7 nitrogen and oxygen atoms in total. The van der Waals surface area contributed by atoms with Gasteiger partial charge in [0.05, 0.1) is 29.7 Å². The van der Waals surface area contributed by atoms with E-state index in [0.717, 1.165) is 18.2 Å². The molecule has 9 heteroatoms. The van der Waals surface area contributed by atoms with E-state index in [-0.39, 0.29) is 17.8 Å². The van der Waals surface area contributed by atoms with Crippen LogP contribution in [0.25, 0.3) is 28.0 Å². The summed E-state index contributed by atoms with van der Waals surface area (Å²) in [5, 5.41) is 0.763. The summed E-state index contributed by atoms with van der Waals surface area (Å²) in [4.78, 5) is 24.7. The van der Waals surface area contributed by atoms with E-state index in [1.807, 2.05) is 11.0 Å². The molecule has 180 valence electrons. The van der Waals surface area contributed by atoms with E-state index < -0.39 is 11.2 Å². The zero-order valence-electron chi connectivity index (χ0n) is 19.5. The Kier molecular flexibility index (Phi) is 6.55. The maximum Gasteiger partial charge on any atom is 0.254 e. The van der Waals surface area contributed by atoms with Gasteiger partial charge in [0.1, 0.15) is 12.1 Å². The van der Waals surface area contributed by atoms with Gasteiger partial charge in [-0.1, -0.05) is 18.2 Å². The van der Waals surface area contributed by atoms with E-state index in [2.05, 4.69) is 9.97 Å². The highest BCUT2D eigenvalue weighted by atomic mass is 32.2. The number of carbonyl (C=O) groups excluding carboxylic acids is 1. The molecular formula is C26H25FN4O3S. The van der Waals surface area contributed by atoms with Crippen molar-refractivity contribution in [3.05, 3.63) is 72.4 Å². The van der Waals surface area contributed by atoms with Crippen LogP contribution in [-0.4, -0.2) is 62.5 Å². The van der Waals surface area contributed by atoms with E-state index >= 15 is 0 Å². The number of hydrogen-bond acceptors (Lipinski definition) is 5. The molecule has 1 unspecified atom stereocenters. The summed E-state index contributed by atoms with van der Waals surface area (Å²) in [6.07, 6.45) is 8.32. The van der Waals surface area contributed by atoms with E-state index in [4.69, 9.17) is 4.74 Å². The summed E-state index contributed by atoms with van der Waals surface area (Å²) in [6, 6.07) is 11.9. The van der Waals surface area contributed by atoms with Crippen molar-refractivity contribution < 1.29 is 18.5 Å². The van der Waals surface area contributed by atoms with Crippen LogP contribution in [-0.2, 0) is 15.9 Å². The molecule has 1 amide bonds. The summed E-state index contributed by atoms with van der Waals surface area (Å²) in [5.41, 5.74) is 2.19. The highest BCUT2D eigenvalue weighted by Gasteiger charge is 2.30. The number of aromatic nitrogens is 3. The average Bonchev–Trinajstić information content (AvgIpc) is 3.49. The van der Waals surface area contributed by atoms with Gasteiger partial charge in [0, 0.05) is 42.7 Å². The van der Waals surface area contributed by atoms with Gasteiger partial charge in [-0.25, -0.2) is 14.4 Å². The molecule has 0 spiro atoms. The van der Waals surface area contributed by atoms with Crippen LogP contribution in [0.15, 0.2) is 66.0 Å². The standard InChI is InChI=1S/C26H25FN4O3S/c1-34-16-19-6-5-11-30(19)25(32)17-9-10-21-23(12-17)31(15-24(21)35(2)33)26-28-13-18(14-29-26)20-7-3-4-8-22(20)27/h3-4,7-10,12-15,19H,5-6,11,16H2,1-2H3/t19-,35?/m1/s1. The monoisotopic (exact) mass is 492 g/mol. The molecule has 3 heterocycles. The number of benzene rings is 2. The Morgan fingerprint density at radius 3 is 2.71 bits per heavy atom. The summed E-state index contributed by atoms with van der Waals surface area (Å²) in [6.45, 7) is 1.20. The molecule has 0 bridgehead atoms. The van der Waals surface area contributed by atoms with Crippen LogP contribution in [0.2, 0.25) is 0 Å². The fraction of sp³-hybridized carbons (Fsp3) is 0.269. The third-order valence-corrected chi connectivity index (χ3v) is 7.31. The van der Waals surface area contributed by atoms with Gasteiger partial charge >= 0.3 is 0 Å². The van der Waals surface area contributed by atoms with E-state index in [1.54, 1.807) is 66.9 Å². The molecule has 35 heavy (non-hydrogen) atoms. The van der Waals surface area contributed by atoms with E-state index in [9.17, 15) is 13.7 Å². The highest BCUT2D eigenvalue weighted by Crippen LogP contribution is 2.30. The Morgan fingerprint density at radius 1 is 1.23 bits per heavy atom. The highest BCUT2D eigenvalue weighted by molar-refractivity contribution is 7.91. The number of rotatable bonds is 6. The van der Waals surface area contributed by atoms with Gasteiger partial charge < -0.3 is 14.2 Å². The van der Waals surface area contributed by atoms with Crippen LogP contribution in [0.1, 0.15) is 23.2 Å². The average molecular weight is 493 g/mol. The predicted molar refractivity (Wildman–Crippen MR) is 133 cm³/mol. The molecule has 4 aromatic rings. The summed E-state index contributed by atoms with van der Waals surface area (Å²) < 4.78 is 33.7. The van der Waals surface area contributed by atoms with Crippen molar-refractivity contribution in [1.82, 2.24) is 19.4 Å². The number of carbonyl (C=O) groups is 1. The third-order valence-electron chi connectivity index (χ3n) is 6.36. The number of amides is 1. The first-order valence-electron chi connectivity index (χ1n) is 11.3. The maximum absolute atomic E-state index is 14.2. The van der Waals surface area contributed by atoms with Crippen molar-refractivity contribution in [3.63, 3.8) is 0 Å². The lowest BCUT2D eigenvalue weighted by atomic mass is 10.1. The number of likely N-dealkylation sites (tertiary alicyclic amines) is 1. The smallest absolute Gasteiger partial charge is 0.254 e. The predicted octanol–water partition coefficient (Wildman–Crippen LogP) is 4.22. The SMILES string of the molecule is COC[C@H]1CCCN1C(=O)c1ccc2c([S+](C)[O-])cn(-c3ncc(-c4ccccc4F)cn3)c2c1. The van der Waals surface area contributed by atoms with Crippen molar-refractivity contribution in [1.29, 1.82) is 0 Å². The van der Waals surface area contributed by atoms with Gasteiger partial charge in [0.25, 0.3) is 5.91 Å². The van der Waals surface area contributed by atoms with Crippen LogP contribution < -0.4 is 0 Å². The summed E-state index contributed by atoms with van der Waals surface area (Å²) in [7, 11) is 1.64. The van der Waals surface area contributed by atoms with Crippen molar-refractivity contribution in [2.75, 3.05) is 26.5 Å². The van der Waals surface area contributed by atoms with Gasteiger partial charge in [-0.3, -0.25) is 9.36 Å². The minimum absolute atomic E-state index is 0.0583. The molecule has 1 fully saturated rings. The van der Waals surface area contributed by atoms with Crippen molar-refractivity contribution in [3.8, 4) is 17.1 Å². The number of halogens is 1. The zero-order valence-corrected chi connectivity index (χ0v) is 20.3. The summed E-state index contributed by atoms with van der Waals surface area (Å²) in [5.74, 6) is -0.0696. The fourth-order valence-corrected chi connectivity index (χ4v) is 5.37. The molecule has 2 aromatic carbocycles. The number of nitrogens with zero attached hydrogens (tertiary/aromatic N) is 4. The number of ether oxygens (including phenoxy) is 1. The second kappa shape index (κ2) is 9.77. The molecule has 0 aliphatic carbocycles. The second-order valence-electron chi connectivity index (χ2n) is 8.55. The first kappa shape index (κ1) is 23.5. The normalized spacial score (nSPS) is 16.7. The molecule has 1 aliphatic rings. The van der Waals surface area contributed by atoms with Crippen LogP contribution in [0.3, 0.4) is 0 Å². The van der Waals surface area contributed by atoms with Crippen LogP contribution in [0.4, 0.5) is 4.39 Å². The van der Waals surface area contributed by atoms with E-state index in [1.165, 1.54) is 6.07 Å². The number of fused-ring (bicyclic) bond motifs is 1. The van der Waals surface area contributed by atoms with Gasteiger partial charge in [-0.15, -0.1) is 0 Å². The minimum Gasteiger partial charge on any atom is -0.612 e. The molecule has 0 N–H and O–H groups in total. The lowest BCUT2D eigenvalue weighted by Crippen LogP contribution is -2.38. The first-order valence-corrected chi connectivity index (χ1v) is 12.9. The van der Waals surface area contributed by atoms with Crippen molar-refractivity contribution in [2.24, 2.45) is 0 Å². The fourth-order valence-electron chi connectivity index (χ4n) is 4.64. The Morgan fingerprint density at radius 2 is 2.00 bits per heavy atom. The lowest BCUT2D eigenvalue weighted by Gasteiger charge is -2.24. The molecule has 1 aliphatic heterocycles. The quantitative estimate of drug-likeness (QED) is 0.377. The van der Waals surface area contributed by atoms with Crippen LogP contribution in [0.5, 0.6) is 0 Å². The van der Waals surface area contributed by atoms with Gasteiger partial charge in [0.2, 0.25) is 5.95 Å². The molecule has 1 saturated heterocycles. The minimum atomic E-state index is -1.26. The molecule has 2 aromatic heterocycles. The first-order chi connectivity index (χ1) is 17.0. The number of methoxy groups -OCH3 is 1. The van der Waals surface area contributed by atoms with Crippen LogP contribution in [0, 0.1) is 5.82 Å². The Bertz CT molecular complexity index is 1370. The van der Waals surface area contributed by atoms with Crippen LogP contribution >= 0.6 is 0 Å². The second-order valence-corrected chi connectivity index (χ2v) is 9.90. The van der Waals surface area contributed by atoms with Gasteiger partial charge in [-0.05, 0) is 48.3 Å². The molecule has 2 atom stereocenters. The molecule has 0 radical (unpaired) electrons. The van der Waals surface area contributed by atoms with E-state index in [0.29, 0.717) is 46.2 Å². The lowest BCUT2D eigenvalue weighted by molar-refractivity contribution is 0.0631. The largest absolute Gasteiger partial charge is 0.612 e. The molecule has 5 rings (SSSR count). The van der Waals surface area contributed by atoms with Crippen molar-refractivity contribution >= 4 is 28.0 Å². The number of hydrogen-bond donors (Lipinski definition) is 0. The molecule has 0 saturated carbocycles. The molecular weight excluding hydrogens is 467 g/mol. The Balaban J connectivity index is 1.55. The van der Waals surface area contributed by atoms with Gasteiger partial charge in [0.15, 0.2) is 4.90 Å². The Labute approximate surface area is 205 Å². The van der Waals surface area contributed by atoms with Crippen molar-refractivity contribution in [2.45, 2.75) is 23.8 Å². The maximum atomic E-state index is 14.2. The third kappa shape index (κ3) is 4.42. The zero-order chi connectivity index (χ0) is 24.5. The summed E-state index contributed by atoms with van der Waals surface area (Å²) >= 11 is -1.26. The Hall–Kier alpha value is -3.27.